The summed E-state index contributed by atoms with van der Waals surface area (Å²) in [5, 5.41) is 19.0. The van der Waals surface area contributed by atoms with Crippen LogP contribution in [0, 0.1) is 10.1 Å². The van der Waals surface area contributed by atoms with E-state index >= 15 is 0 Å². The average Bonchev–Trinajstić information content (AvgIpc) is 1.88. The molecule has 0 aromatic carbocycles. The van der Waals surface area contributed by atoms with Gasteiger partial charge in [0, 0.05) is 0 Å². The van der Waals surface area contributed by atoms with Crippen molar-refractivity contribution in [3.63, 3.8) is 0 Å². The molecule has 0 radical (unpaired) electrons. The minimum Gasteiger partial charge on any atom is -0.506 e. The predicted molar refractivity (Wildman–Crippen MR) is 33.6 cm³/mol. The number of aliphatic hydroxyl groups excluding tert-OH is 1. The summed E-state index contributed by atoms with van der Waals surface area (Å²) in [6.07, 6.45) is 4.00. The Balaban J connectivity index is 2.69. The molecule has 0 fully saturated rings. The number of hydrogen-bond acceptors (Lipinski definition) is 3. The molecule has 1 N–H and O–H groups in total. The Morgan fingerprint density at radius 3 is 2.90 bits per heavy atom. The SMILES string of the molecule is O=[N+]([O-])N1C=C(O)C=CC1. The van der Waals surface area contributed by atoms with Crippen LogP contribution in [-0.2, 0) is 0 Å². The fourth-order valence-corrected chi connectivity index (χ4v) is 0.644. The van der Waals surface area contributed by atoms with Crippen molar-refractivity contribution in [2.45, 2.75) is 0 Å². The lowest BCUT2D eigenvalue weighted by atomic mass is 10.3. The lowest BCUT2D eigenvalue weighted by Gasteiger charge is -2.09. The monoisotopic (exact) mass is 142 g/mol. The lowest BCUT2D eigenvalue weighted by Crippen LogP contribution is -2.26. The first-order valence-electron chi connectivity index (χ1n) is 2.68. The maximum atomic E-state index is 10.0. The van der Waals surface area contributed by atoms with E-state index in [1.54, 1.807) is 0 Å². The number of hydrazine groups is 1. The Hall–Kier alpha value is -1.52. The van der Waals surface area contributed by atoms with E-state index in [2.05, 4.69) is 0 Å². The summed E-state index contributed by atoms with van der Waals surface area (Å²) >= 11 is 0. The van der Waals surface area contributed by atoms with Crippen LogP contribution in [0.5, 0.6) is 0 Å². The summed E-state index contributed by atoms with van der Waals surface area (Å²) in [6.45, 7) is 0.205. The van der Waals surface area contributed by atoms with Crippen molar-refractivity contribution in [1.29, 1.82) is 0 Å². The summed E-state index contributed by atoms with van der Waals surface area (Å²) in [5.74, 6) is -0.0945. The second-order valence-corrected chi connectivity index (χ2v) is 1.82. The van der Waals surface area contributed by atoms with Gasteiger partial charge in [0.25, 0.3) is 0 Å². The standard InChI is InChI=1S/C5H6N2O3/c8-5-2-1-3-6(4-5)7(9)10/h1-2,4,8H,3H2. The van der Waals surface area contributed by atoms with E-state index in [9.17, 15) is 10.1 Å². The van der Waals surface area contributed by atoms with Crippen LogP contribution in [0.2, 0.25) is 0 Å². The molecule has 1 aliphatic heterocycles. The third-order valence-electron chi connectivity index (χ3n) is 1.07. The minimum absolute atomic E-state index is 0.0945. The van der Waals surface area contributed by atoms with Gasteiger partial charge >= 0.3 is 0 Å². The highest BCUT2D eigenvalue weighted by atomic mass is 16.7. The van der Waals surface area contributed by atoms with Crippen molar-refractivity contribution >= 4 is 0 Å². The highest BCUT2D eigenvalue weighted by Crippen LogP contribution is 2.03. The molecule has 0 aromatic rings. The van der Waals surface area contributed by atoms with E-state index in [1.807, 2.05) is 0 Å². The van der Waals surface area contributed by atoms with E-state index in [0.717, 1.165) is 11.2 Å². The Kier molecular flexibility index (Phi) is 1.57. The van der Waals surface area contributed by atoms with Crippen molar-refractivity contribution in [3.8, 4) is 0 Å². The second-order valence-electron chi connectivity index (χ2n) is 1.82. The Labute approximate surface area is 57.0 Å². The zero-order valence-electron chi connectivity index (χ0n) is 5.10. The fraction of sp³-hybridized carbons (Fsp3) is 0.200. The molecule has 0 unspecified atom stereocenters. The van der Waals surface area contributed by atoms with Gasteiger partial charge in [0.1, 0.15) is 18.5 Å². The zero-order valence-corrected chi connectivity index (χ0v) is 5.10. The van der Waals surface area contributed by atoms with E-state index in [4.69, 9.17) is 5.11 Å². The van der Waals surface area contributed by atoms with Crippen molar-refractivity contribution in [2.24, 2.45) is 0 Å². The quantitative estimate of drug-likeness (QED) is 0.426. The zero-order chi connectivity index (χ0) is 7.56. The number of rotatable bonds is 1. The van der Waals surface area contributed by atoms with Gasteiger partial charge in [-0.25, -0.2) is 10.1 Å². The van der Waals surface area contributed by atoms with Crippen LogP contribution in [-0.4, -0.2) is 21.7 Å². The third-order valence-corrected chi connectivity index (χ3v) is 1.07. The molecule has 0 amide bonds. The van der Waals surface area contributed by atoms with Gasteiger partial charge in [-0.2, -0.15) is 0 Å². The van der Waals surface area contributed by atoms with Crippen LogP contribution < -0.4 is 0 Å². The van der Waals surface area contributed by atoms with Gasteiger partial charge in [0.2, 0.25) is 0 Å². The van der Waals surface area contributed by atoms with Crippen LogP contribution in [0.25, 0.3) is 0 Å². The Morgan fingerprint density at radius 1 is 1.80 bits per heavy atom. The van der Waals surface area contributed by atoms with Crippen LogP contribution in [0.1, 0.15) is 0 Å². The summed E-state index contributed by atoms with van der Waals surface area (Å²) < 4.78 is 0. The third kappa shape index (κ3) is 1.25. The molecule has 0 atom stereocenters. The highest BCUT2D eigenvalue weighted by molar-refractivity contribution is 5.13. The van der Waals surface area contributed by atoms with Crippen LogP contribution in [0.15, 0.2) is 24.1 Å². The van der Waals surface area contributed by atoms with E-state index < -0.39 is 5.03 Å². The molecule has 1 heterocycles. The van der Waals surface area contributed by atoms with Gasteiger partial charge in [-0.05, 0) is 6.08 Å². The van der Waals surface area contributed by atoms with Crippen molar-refractivity contribution in [2.75, 3.05) is 6.54 Å². The molecule has 5 nitrogen and oxygen atoms in total. The molecule has 0 aliphatic carbocycles. The van der Waals surface area contributed by atoms with E-state index in [1.165, 1.54) is 12.2 Å². The van der Waals surface area contributed by atoms with Gasteiger partial charge < -0.3 is 5.11 Å². The molecule has 0 aromatic heterocycles. The number of hydrogen-bond donors (Lipinski definition) is 1. The maximum Gasteiger partial charge on any atom is 0.164 e. The Bertz CT molecular complexity index is 209. The summed E-state index contributed by atoms with van der Waals surface area (Å²) in [4.78, 5) is 10.0. The summed E-state index contributed by atoms with van der Waals surface area (Å²) in [7, 11) is 0. The molecule has 0 saturated heterocycles. The molecule has 54 valence electrons. The number of aliphatic hydroxyl groups is 1. The molecule has 0 saturated carbocycles. The molecular formula is C5H6N2O3. The fourth-order valence-electron chi connectivity index (χ4n) is 0.644. The van der Waals surface area contributed by atoms with Gasteiger partial charge in [0.15, 0.2) is 5.03 Å². The van der Waals surface area contributed by atoms with E-state index in [0.29, 0.717) is 0 Å². The van der Waals surface area contributed by atoms with Crippen molar-refractivity contribution in [3.05, 3.63) is 34.2 Å². The maximum absolute atomic E-state index is 10.0. The first-order chi connectivity index (χ1) is 4.70. The van der Waals surface area contributed by atoms with Gasteiger partial charge in [0.05, 0.1) is 0 Å². The van der Waals surface area contributed by atoms with E-state index in [-0.39, 0.29) is 12.3 Å². The average molecular weight is 142 g/mol. The topological polar surface area (TPSA) is 66.6 Å². The smallest absolute Gasteiger partial charge is 0.164 e. The molecule has 1 rings (SSSR count). The molecule has 1 aliphatic rings. The molecule has 0 bridgehead atoms. The molecule has 5 heteroatoms. The summed E-state index contributed by atoms with van der Waals surface area (Å²) in [5.41, 5.74) is 0. The van der Waals surface area contributed by atoms with Crippen LogP contribution in [0.3, 0.4) is 0 Å². The first-order valence-corrected chi connectivity index (χ1v) is 2.68. The van der Waals surface area contributed by atoms with Crippen LogP contribution in [0.4, 0.5) is 0 Å². The number of allylic oxidation sites excluding steroid dienone is 1. The largest absolute Gasteiger partial charge is 0.506 e. The van der Waals surface area contributed by atoms with Gasteiger partial charge in [-0.1, -0.05) is 11.1 Å². The normalized spacial score (nSPS) is 16.8. The van der Waals surface area contributed by atoms with Gasteiger partial charge in [-0.15, -0.1) is 0 Å². The predicted octanol–water partition coefficient (Wildman–Crippen LogP) is 0.449. The molecule has 10 heavy (non-hydrogen) atoms. The van der Waals surface area contributed by atoms with Crippen LogP contribution >= 0.6 is 0 Å². The minimum atomic E-state index is -0.584. The molecule has 0 spiro atoms. The number of nitro groups is 1. The first kappa shape index (κ1) is 6.60. The Morgan fingerprint density at radius 2 is 2.50 bits per heavy atom. The van der Waals surface area contributed by atoms with Crippen molar-refractivity contribution < 1.29 is 10.1 Å². The second kappa shape index (κ2) is 2.38. The van der Waals surface area contributed by atoms with Gasteiger partial charge in [-0.3, -0.25) is 0 Å². The lowest BCUT2D eigenvalue weighted by molar-refractivity contribution is -0.638. The van der Waals surface area contributed by atoms with Crippen molar-refractivity contribution in [1.82, 2.24) is 5.01 Å². The highest BCUT2D eigenvalue weighted by Gasteiger charge is 2.12. The molecular weight excluding hydrogens is 136 g/mol. The number of nitrogens with zero attached hydrogens (tertiary/aromatic N) is 2. The summed E-state index contributed by atoms with van der Waals surface area (Å²) in [6, 6.07) is 0.